The average Bonchev–Trinajstić information content (AvgIpc) is 3.26. The van der Waals surface area contributed by atoms with Gasteiger partial charge in [0.05, 0.1) is 12.2 Å². The Morgan fingerprint density at radius 3 is 1.33 bits per heavy atom. The molecule has 27 heavy (non-hydrogen) atoms. The van der Waals surface area contributed by atoms with E-state index < -0.39 is 0 Å². The van der Waals surface area contributed by atoms with Gasteiger partial charge in [-0.2, -0.15) is 0 Å². The van der Waals surface area contributed by atoms with Crippen LogP contribution in [0.2, 0.25) is 0 Å². The normalized spacial score (nSPS) is 42.0. The van der Waals surface area contributed by atoms with Crippen molar-refractivity contribution in [2.75, 3.05) is 0 Å². The van der Waals surface area contributed by atoms with E-state index in [1.807, 2.05) is 0 Å². The van der Waals surface area contributed by atoms with Crippen molar-refractivity contribution in [1.82, 2.24) is 0 Å². The number of allylic oxidation sites excluding steroid dienone is 2. The van der Waals surface area contributed by atoms with Crippen LogP contribution < -0.4 is 0 Å². The second-order valence-electron chi connectivity index (χ2n) is 9.29. The van der Waals surface area contributed by atoms with Crippen LogP contribution in [0.1, 0.15) is 47.9 Å². The van der Waals surface area contributed by atoms with Gasteiger partial charge < -0.3 is 4.74 Å². The molecular weight excluding hydrogens is 328 g/mol. The summed E-state index contributed by atoms with van der Waals surface area (Å²) in [5, 5.41) is 0. The first-order valence-corrected chi connectivity index (χ1v) is 10.4. The van der Waals surface area contributed by atoms with Crippen molar-refractivity contribution in [2.45, 2.75) is 37.9 Å². The molecular formula is C26H24O. The first kappa shape index (κ1) is 14.9. The van der Waals surface area contributed by atoms with Crippen LogP contribution in [0.15, 0.2) is 71.8 Å². The van der Waals surface area contributed by atoms with Gasteiger partial charge in [0.1, 0.15) is 0 Å². The van der Waals surface area contributed by atoms with Gasteiger partial charge in [0.15, 0.2) is 0 Å². The van der Waals surface area contributed by atoms with Crippen molar-refractivity contribution in [3.8, 4) is 0 Å². The molecule has 2 saturated heterocycles. The molecule has 0 amide bonds. The highest BCUT2D eigenvalue weighted by Crippen LogP contribution is 2.68. The topological polar surface area (TPSA) is 9.23 Å². The molecule has 2 heterocycles. The van der Waals surface area contributed by atoms with Gasteiger partial charge in [0, 0.05) is 35.5 Å². The van der Waals surface area contributed by atoms with E-state index in [-0.39, 0.29) is 0 Å². The lowest BCUT2D eigenvalue weighted by Gasteiger charge is -2.53. The lowest BCUT2D eigenvalue weighted by atomic mass is 9.48. The number of benzene rings is 2. The van der Waals surface area contributed by atoms with Gasteiger partial charge in [-0.15, -0.1) is 0 Å². The lowest BCUT2D eigenvalue weighted by molar-refractivity contribution is 0.0755. The van der Waals surface area contributed by atoms with Crippen molar-refractivity contribution in [1.29, 1.82) is 0 Å². The summed E-state index contributed by atoms with van der Waals surface area (Å²) in [6.45, 7) is 4.53. The van der Waals surface area contributed by atoms with Gasteiger partial charge in [-0.05, 0) is 36.1 Å². The van der Waals surface area contributed by atoms with Gasteiger partial charge >= 0.3 is 0 Å². The van der Waals surface area contributed by atoms with Crippen molar-refractivity contribution in [3.63, 3.8) is 0 Å². The molecule has 4 aliphatic carbocycles. The predicted octanol–water partition coefficient (Wildman–Crippen LogP) is 5.43. The van der Waals surface area contributed by atoms with E-state index in [4.69, 9.17) is 4.74 Å². The molecule has 2 aromatic rings. The van der Waals surface area contributed by atoms with Crippen molar-refractivity contribution in [2.24, 2.45) is 23.7 Å². The summed E-state index contributed by atoms with van der Waals surface area (Å²) in [4.78, 5) is 0. The number of hydrogen-bond acceptors (Lipinski definition) is 1. The third-order valence-electron chi connectivity index (χ3n) is 8.33. The van der Waals surface area contributed by atoms with E-state index in [0.717, 1.165) is 0 Å². The minimum atomic E-state index is 0.374. The Balaban J connectivity index is 1.47. The van der Waals surface area contributed by atoms with Gasteiger partial charge in [-0.3, -0.25) is 0 Å². The summed E-state index contributed by atoms with van der Waals surface area (Å²) in [5.74, 6) is 3.40. The standard InChI is InChI=1S/C26H24O/c1-13-11-19-20(12-14(13)2)26-24-22-17-9-5-3-7-15(17)21(23(24)25(19)27-26)16-8-4-6-10-18(16)22/h3-12,19-26H,1-2H3. The van der Waals surface area contributed by atoms with Crippen LogP contribution in [0.5, 0.6) is 0 Å². The van der Waals surface area contributed by atoms with Crippen molar-refractivity contribution >= 4 is 0 Å². The fraction of sp³-hybridized carbons (Fsp3) is 0.385. The van der Waals surface area contributed by atoms with Crippen molar-refractivity contribution < 1.29 is 4.74 Å². The molecule has 6 unspecified atom stereocenters. The highest BCUT2D eigenvalue weighted by atomic mass is 16.5. The van der Waals surface area contributed by atoms with E-state index in [1.54, 1.807) is 22.3 Å². The monoisotopic (exact) mass is 352 g/mol. The third-order valence-corrected chi connectivity index (χ3v) is 8.33. The van der Waals surface area contributed by atoms with Crippen molar-refractivity contribution in [3.05, 3.63) is 94.1 Å². The molecule has 0 spiro atoms. The van der Waals surface area contributed by atoms with E-state index in [9.17, 15) is 0 Å². The maximum absolute atomic E-state index is 6.82. The SMILES string of the molecule is CC1=CC2C(C=C1C)C1OC2C2C3c4ccccc4C(c4ccccc43)C12. The molecule has 0 aromatic heterocycles. The molecule has 0 radical (unpaired) electrons. The van der Waals surface area contributed by atoms with Gasteiger partial charge in [-0.25, -0.2) is 0 Å². The zero-order valence-electron chi connectivity index (χ0n) is 15.8. The highest BCUT2D eigenvalue weighted by Gasteiger charge is 2.66. The second kappa shape index (κ2) is 4.83. The summed E-state index contributed by atoms with van der Waals surface area (Å²) in [5.41, 5.74) is 9.17. The fourth-order valence-electron chi connectivity index (χ4n) is 7.33. The van der Waals surface area contributed by atoms with Crippen LogP contribution in [0.4, 0.5) is 0 Å². The molecule has 1 nitrogen and oxygen atoms in total. The molecule has 4 bridgehead atoms. The Kier molecular flexibility index (Phi) is 2.66. The zero-order valence-corrected chi connectivity index (χ0v) is 15.8. The first-order chi connectivity index (χ1) is 13.2. The minimum Gasteiger partial charge on any atom is -0.373 e. The van der Waals surface area contributed by atoms with Crippen LogP contribution in [0, 0.1) is 23.7 Å². The van der Waals surface area contributed by atoms with Crippen LogP contribution in [-0.4, -0.2) is 12.2 Å². The molecule has 2 fully saturated rings. The Morgan fingerprint density at radius 2 is 0.963 bits per heavy atom. The molecule has 6 atom stereocenters. The molecule has 0 saturated carbocycles. The minimum absolute atomic E-state index is 0.374. The van der Waals surface area contributed by atoms with Crippen LogP contribution in [0.25, 0.3) is 0 Å². The van der Waals surface area contributed by atoms with E-state index in [1.165, 1.54) is 11.1 Å². The van der Waals surface area contributed by atoms with E-state index >= 15 is 0 Å². The summed E-state index contributed by atoms with van der Waals surface area (Å²) < 4.78 is 6.82. The number of rotatable bonds is 0. The summed E-state index contributed by atoms with van der Waals surface area (Å²) >= 11 is 0. The van der Waals surface area contributed by atoms with Crippen LogP contribution in [0.3, 0.4) is 0 Å². The molecule has 0 N–H and O–H groups in total. The molecule has 2 aliphatic heterocycles. The van der Waals surface area contributed by atoms with E-state index in [0.29, 0.717) is 47.7 Å². The number of hydrogen-bond donors (Lipinski definition) is 0. The third kappa shape index (κ3) is 1.62. The Morgan fingerprint density at radius 1 is 0.593 bits per heavy atom. The Hall–Kier alpha value is -2.12. The maximum atomic E-state index is 6.82. The average molecular weight is 352 g/mol. The summed E-state index contributed by atoms with van der Waals surface area (Å²) in [7, 11) is 0. The molecule has 2 aromatic carbocycles. The maximum Gasteiger partial charge on any atom is 0.0689 e. The zero-order chi connectivity index (χ0) is 17.9. The molecule has 1 heteroatoms. The fourth-order valence-corrected chi connectivity index (χ4v) is 7.33. The lowest BCUT2D eigenvalue weighted by Crippen LogP contribution is -2.50. The van der Waals surface area contributed by atoms with Gasteiger partial charge in [-0.1, -0.05) is 71.8 Å². The molecule has 134 valence electrons. The molecule has 6 aliphatic rings. The number of ether oxygens (including phenoxy) is 1. The predicted molar refractivity (Wildman–Crippen MR) is 107 cm³/mol. The Bertz CT molecular complexity index is 914. The highest BCUT2D eigenvalue weighted by molar-refractivity contribution is 5.58. The van der Waals surface area contributed by atoms with E-state index in [2.05, 4.69) is 74.5 Å². The summed E-state index contributed by atoms with van der Waals surface area (Å²) in [6.07, 6.45) is 5.80. The van der Waals surface area contributed by atoms with Crippen LogP contribution >= 0.6 is 0 Å². The summed E-state index contributed by atoms with van der Waals surface area (Å²) in [6, 6.07) is 18.4. The first-order valence-electron chi connectivity index (χ1n) is 10.4. The smallest absolute Gasteiger partial charge is 0.0689 e. The van der Waals surface area contributed by atoms with Gasteiger partial charge in [0.2, 0.25) is 0 Å². The quantitative estimate of drug-likeness (QED) is 0.614. The number of fused-ring (bicyclic) bond motifs is 5. The Labute approximate surface area is 160 Å². The van der Waals surface area contributed by atoms with Crippen LogP contribution in [-0.2, 0) is 4.74 Å². The van der Waals surface area contributed by atoms with Gasteiger partial charge in [0.25, 0.3) is 0 Å². The molecule has 8 rings (SSSR count). The second-order valence-corrected chi connectivity index (χ2v) is 9.29. The largest absolute Gasteiger partial charge is 0.373 e.